The molecule has 5 nitrogen and oxygen atoms in total. The Kier molecular flexibility index (Phi) is 3.25. The lowest BCUT2D eigenvalue weighted by Crippen LogP contribution is -2.26. The first kappa shape index (κ1) is 12.8. The zero-order valence-electron chi connectivity index (χ0n) is 9.06. The minimum absolute atomic E-state index is 0.0179. The van der Waals surface area contributed by atoms with Gasteiger partial charge in [0.05, 0.1) is 11.6 Å². The van der Waals surface area contributed by atoms with E-state index in [2.05, 4.69) is 15.9 Å². The summed E-state index contributed by atoms with van der Waals surface area (Å²) in [5, 5.41) is 18.4. The highest BCUT2D eigenvalue weighted by Gasteiger charge is 2.36. The molecule has 0 saturated carbocycles. The van der Waals surface area contributed by atoms with Crippen LogP contribution in [0.1, 0.15) is 6.42 Å². The van der Waals surface area contributed by atoms with Gasteiger partial charge in [-0.05, 0) is 12.1 Å². The molecule has 7 heteroatoms. The van der Waals surface area contributed by atoms with Crippen LogP contribution < -0.4 is 4.90 Å². The van der Waals surface area contributed by atoms with Gasteiger partial charge in [-0.15, -0.1) is 0 Å². The number of phenolic OH excluding ortho intramolecular Hbond substituents is 1. The van der Waals surface area contributed by atoms with E-state index in [1.807, 2.05) is 0 Å². The van der Waals surface area contributed by atoms with E-state index in [0.29, 0.717) is 4.47 Å². The van der Waals surface area contributed by atoms with E-state index in [0.717, 1.165) is 11.0 Å². The van der Waals surface area contributed by atoms with Gasteiger partial charge in [-0.3, -0.25) is 9.59 Å². The van der Waals surface area contributed by atoms with E-state index in [-0.39, 0.29) is 18.7 Å². The van der Waals surface area contributed by atoms with Gasteiger partial charge in [-0.25, -0.2) is 4.39 Å². The Labute approximate surface area is 110 Å². The van der Waals surface area contributed by atoms with E-state index >= 15 is 0 Å². The Morgan fingerprint density at radius 3 is 2.72 bits per heavy atom. The van der Waals surface area contributed by atoms with Crippen molar-refractivity contribution >= 4 is 33.5 Å². The summed E-state index contributed by atoms with van der Waals surface area (Å²) in [6.45, 7) is -0.0718. The molecule has 1 unspecified atom stereocenters. The van der Waals surface area contributed by atoms with Gasteiger partial charge in [0.15, 0.2) is 11.6 Å². The average molecular weight is 318 g/mol. The normalized spacial score (nSPS) is 19.3. The number of nitrogens with zero attached hydrogens (tertiary/aromatic N) is 1. The molecular weight excluding hydrogens is 309 g/mol. The predicted molar refractivity (Wildman–Crippen MR) is 63.9 cm³/mol. The molecule has 0 radical (unpaired) electrons. The van der Waals surface area contributed by atoms with Gasteiger partial charge in [0.1, 0.15) is 0 Å². The smallest absolute Gasteiger partial charge is 0.308 e. The monoisotopic (exact) mass is 317 g/mol. The zero-order chi connectivity index (χ0) is 13.4. The van der Waals surface area contributed by atoms with Crippen molar-refractivity contribution in [3.05, 3.63) is 22.4 Å². The number of rotatable bonds is 2. The summed E-state index contributed by atoms with van der Waals surface area (Å²) in [4.78, 5) is 23.6. The number of amides is 1. The molecule has 1 aliphatic heterocycles. The van der Waals surface area contributed by atoms with Crippen LogP contribution in [-0.2, 0) is 9.59 Å². The summed E-state index contributed by atoms with van der Waals surface area (Å²) >= 11 is 3.05. The number of hydrogen-bond acceptors (Lipinski definition) is 3. The quantitative estimate of drug-likeness (QED) is 0.870. The second-order valence-electron chi connectivity index (χ2n) is 4.00. The van der Waals surface area contributed by atoms with E-state index in [1.54, 1.807) is 0 Å². The fourth-order valence-electron chi connectivity index (χ4n) is 1.86. The van der Waals surface area contributed by atoms with Crippen molar-refractivity contribution in [3.8, 4) is 5.75 Å². The molecule has 96 valence electrons. The fourth-order valence-corrected chi connectivity index (χ4v) is 2.28. The molecular formula is C11H9BrFNO4. The molecule has 1 aromatic rings. The minimum Gasteiger partial charge on any atom is -0.503 e. The molecule has 1 saturated heterocycles. The lowest BCUT2D eigenvalue weighted by Gasteiger charge is -2.18. The molecule has 18 heavy (non-hydrogen) atoms. The van der Waals surface area contributed by atoms with E-state index < -0.39 is 29.4 Å². The van der Waals surface area contributed by atoms with Crippen LogP contribution in [-0.4, -0.2) is 28.6 Å². The molecule has 1 atom stereocenters. The Balaban J connectivity index is 2.38. The first-order valence-corrected chi connectivity index (χ1v) is 5.90. The highest BCUT2D eigenvalue weighted by molar-refractivity contribution is 9.10. The summed E-state index contributed by atoms with van der Waals surface area (Å²) in [6, 6.07) is 2.44. The molecule has 0 bridgehead atoms. The first-order chi connectivity index (χ1) is 8.40. The van der Waals surface area contributed by atoms with E-state index in [1.165, 1.54) is 6.07 Å². The van der Waals surface area contributed by atoms with Crippen molar-refractivity contribution in [3.63, 3.8) is 0 Å². The molecule has 2 N–H and O–H groups in total. The van der Waals surface area contributed by atoms with Crippen LogP contribution in [0.25, 0.3) is 0 Å². The highest BCUT2D eigenvalue weighted by Crippen LogP contribution is 2.36. The molecule has 1 aliphatic rings. The van der Waals surface area contributed by atoms with E-state index in [9.17, 15) is 19.1 Å². The summed E-state index contributed by atoms with van der Waals surface area (Å²) in [6.07, 6.45) is -0.150. The van der Waals surface area contributed by atoms with Gasteiger partial charge < -0.3 is 15.1 Å². The van der Waals surface area contributed by atoms with Crippen molar-refractivity contribution in [2.75, 3.05) is 11.4 Å². The third-order valence-corrected chi connectivity index (χ3v) is 3.23. The van der Waals surface area contributed by atoms with Crippen molar-refractivity contribution in [1.29, 1.82) is 0 Å². The van der Waals surface area contributed by atoms with Crippen LogP contribution in [0.15, 0.2) is 16.6 Å². The molecule has 1 fully saturated rings. The van der Waals surface area contributed by atoms with Gasteiger partial charge in [0.25, 0.3) is 0 Å². The largest absolute Gasteiger partial charge is 0.503 e. The maximum Gasteiger partial charge on any atom is 0.308 e. The number of benzene rings is 1. The van der Waals surface area contributed by atoms with Gasteiger partial charge >= 0.3 is 5.97 Å². The number of hydrogen-bond donors (Lipinski definition) is 2. The molecule has 0 spiro atoms. The predicted octanol–water partition coefficient (Wildman–Crippen LogP) is 1.73. The summed E-state index contributed by atoms with van der Waals surface area (Å²) in [7, 11) is 0. The van der Waals surface area contributed by atoms with Crippen molar-refractivity contribution < 1.29 is 24.2 Å². The Morgan fingerprint density at radius 1 is 1.50 bits per heavy atom. The third kappa shape index (κ3) is 2.17. The second kappa shape index (κ2) is 4.56. The van der Waals surface area contributed by atoms with Gasteiger partial charge in [-0.1, -0.05) is 15.9 Å². The Morgan fingerprint density at radius 2 is 2.17 bits per heavy atom. The third-order valence-electron chi connectivity index (χ3n) is 2.77. The number of aromatic hydroxyl groups is 1. The van der Waals surface area contributed by atoms with Crippen LogP contribution in [0.5, 0.6) is 5.75 Å². The van der Waals surface area contributed by atoms with Crippen LogP contribution in [0.3, 0.4) is 0 Å². The Bertz CT molecular complexity index is 534. The summed E-state index contributed by atoms with van der Waals surface area (Å²) in [5.74, 6) is -3.89. The number of anilines is 1. The molecule has 0 aliphatic carbocycles. The topological polar surface area (TPSA) is 77.8 Å². The summed E-state index contributed by atoms with van der Waals surface area (Å²) < 4.78 is 13.7. The molecule has 1 amide bonds. The number of carbonyl (C=O) groups excluding carboxylic acids is 1. The van der Waals surface area contributed by atoms with Crippen LogP contribution in [0.4, 0.5) is 10.1 Å². The second-order valence-corrected chi connectivity index (χ2v) is 4.91. The molecule has 1 heterocycles. The lowest BCUT2D eigenvalue weighted by atomic mass is 10.1. The van der Waals surface area contributed by atoms with Gasteiger partial charge in [-0.2, -0.15) is 0 Å². The zero-order valence-corrected chi connectivity index (χ0v) is 10.6. The van der Waals surface area contributed by atoms with Crippen molar-refractivity contribution in [2.24, 2.45) is 5.92 Å². The maximum atomic E-state index is 13.3. The SMILES string of the molecule is O=C(O)C1CC(=O)N(c2cc(Br)cc(F)c2O)C1. The standard InChI is InChI=1S/C11H9BrFNO4/c12-6-2-7(13)10(16)8(3-6)14-4-5(11(17)18)1-9(14)15/h2-3,5,16H,1,4H2,(H,17,18). The number of halogens is 2. The molecule has 1 aromatic carbocycles. The number of aliphatic carboxylic acids is 1. The van der Waals surface area contributed by atoms with Crippen LogP contribution in [0, 0.1) is 11.7 Å². The number of carbonyl (C=O) groups is 2. The average Bonchev–Trinajstić information content (AvgIpc) is 2.66. The van der Waals surface area contributed by atoms with Gasteiger partial charge in [0.2, 0.25) is 5.91 Å². The Hall–Kier alpha value is -1.63. The molecule has 2 rings (SSSR count). The number of phenols is 1. The van der Waals surface area contributed by atoms with Crippen molar-refractivity contribution in [1.82, 2.24) is 0 Å². The van der Waals surface area contributed by atoms with Gasteiger partial charge in [0, 0.05) is 17.4 Å². The summed E-state index contributed by atoms with van der Waals surface area (Å²) in [5.41, 5.74) is -0.0179. The fraction of sp³-hybridized carbons (Fsp3) is 0.273. The molecule has 0 aromatic heterocycles. The maximum absolute atomic E-state index is 13.3. The van der Waals surface area contributed by atoms with E-state index in [4.69, 9.17) is 5.11 Å². The van der Waals surface area contributed by atoms with Crippen LogP contribution >= 0.6 is 15.9 Å². The van der Waals surface area contributed by atoms with Crippen molar-refractivity contribution in [2.45, 2.75) is 6.42 Å². The lowest BCUT2D eigenvalue weighted by molar-refractivity contribution is -0.141. The number of carboxylic acids is 1. The van der Waals surface area contributed by atoms with Crippen LogP contribution in [0.2, 0.25) is 0 Å². The number of carboxylic acid groups (broad SMARTS) is 1. The highest BCUT2D eigenvalue weighted by atomic mass is 79.9. The first-order valence-electron chi connectivity index (χ1n) is 5.11. The minimum atomic E-state index is -1.08.